The van der Waals surface area contributed by atoms with E-state index in [0.717, 1.165) is 25.2 Å². The number of halogens is 1. The van der Waals surface area contributed by atoms with Crippen molar-refractivity contribution in [2.24, 2.45) is 5.73 Å². The number of rotatable bonds is 6. The van der Waals surface area contributed by atoms with Crippen molar-refractivity contribution in [2.45, 2.75) is 26.3 Å². The second-order valence-electron chi connectivity index (χ2n) is 6.70. The number of benzene rings is 1. The summed E-state index contributed by atoms with van der Waals surface area (Å²) in [6, 6.07) is 9.00. The molecule has 0 amide bonds. The third-order valence-corrected chi connectivity index (χ3v) is 4.75. The monoisotopic (exact) mass is 394 g/mol. The van der Waals surface area contributed by atoms with Crippen molar-refractivity contribution in [3.8, 4) is 17.4 Å². The molecule has 0 fully saturated rings. The minimum absolute atomic E-state index is 0.0765. The summed E-state index contributed by atoms with van der Waals surface area (Å²) in [5.41, 5.74) is 7.76. The number of ketones is 1. The minimum atomic E-state index is -0.379. The molecule has 148 valence electrons. The molecule has 0 radical (unpaired) electrons. The molecule has 3 heterocycles. The first-order valence-corrected chi connectivity index (χ1v) is 9.17. The summed E-state index contributed by atoms with van der Waals surface area (Å²) in [5, 5.41) is 16.6. The Morgan fingerprint density at radius 1 is 1.14 bits per heavy atom. The number of fused-ring (bicyclic) bond motifs is 1. The summed E-state index contributed by atoms with van der Waals surface area (Å²) in [5.74, 6) is 1.27. The number of carbonyl (C=O) groups excluding carboxylic acids is 1. The highest BCUT2D eigenvalue weighted by molar-refractivity contribution is 6.00. The van der Waals surface area contributed by atoms with Gasteiger partial charge < -0.3 is 15.0 Å². The van der Waals surface area contributed by atoms with Crippen molar-refractivity contribution in [2.75, 3.05) is 6.61 Å². The van der Waals surface area contributed by atoms with Gasteiger partial charge in [-0.1, -0.05) is 0 Å². The molecule has 4 rings (SSSR count). The lowest BCUT2D eigenvalue weighted by Crippen LogP contribution is -2.15. The van der Waals surface area contributed by atoms with E-state index in [1.165, 1.54) is 31.2 Å². The summed E-state index contributed by atoms with van der Waals surface area (Å²) >= 11 is 0. The third-order valence-electron chi connectivity index (χ3n) is 4.75. The molecule has 3 aromatic rings. The number of Topliss-reactive ketones (excluding diaryl/α,β-unsaturated/α-hetero) is 1. The maximum atomic E-state index is 13.1. The van der Waals surface area contributed by atoms with Crippen molar-refractivity contribution < 1.29 is 13.9 Å². The fourth-order valence-electron chi connectivity index (χ4n) is 3.18. The minimum Gasteiger partial charge on any atom is -0.472 e. The lowest BCUT2D eigenvalue weighted by Gasteiger charge is -2.11. The van der Waals surface area contributed by atoms with Crippen LogP contribution in [0.25, 0.3) is 17.2 Å². The van der Waals surface area contributed by atoms with Gasteiger partial charge in [0.15, 0.2) is 11.6 Å². The molecule has 0 unspecified atom stereocenters. The molecule has 0 saturated heterocycles. The lowest BCUT2D eigenvalue weighted by molar-refractivity contribution is -0.113. The number of aromatic nitrogens is 5. The summed E-state index contributed by atoms with van der Waals surface area (Å²) in [6.07, 6.45) is 1.96. The Morgan fingerprint density at radius 2 is 1.93 bits per heavy atom. The predicted molar refractivity (Wildman–Crippen MR) is 103 cm³/mol. The quantitative estimate of drug-likeness (QED) is 0.638. The van der Waals surface area contributed by atoms with Crippen LogP contribution in [0.5, 0.6) is 5.88 Å². The summed E-state index contributed by atoms with van der Waals surface area (Å²) in [6.45, 7) is 2.19. The van der Waals surface area contributed by atoms with Crippen molar-refractivity contribution in [3.63, 3.8) is 0 Å². The maximum Gasteiger partial charge on any atom is 0.233 e. The summed E-state index contributed by atoms with van der Waals surface area (Å²) in [7, 11) is 0. The highest BCUT2D eigenvalue weighted by Gasteiger charge is 2.19. The van der Waals surface area contributed by atoms with E-state index in [1.807, 2.05) is 4.57 Å². The molecule has 2 aromatic heterocycles. The van der Waals surface area contributed by atoms with Gasteiger partial charge in [0.1, 0.15) is 23.9 Å². The van der Waals surface area contributed by atoms with Gasteiger partial charge in [-0.2, -0.15) is 0 Å². The van der Waals surface area contributed by atoms with Crippen LogP contribution in [-0.2, 0) is 17.8 Å². The Hall–Kier alpha value is -3.62. The Balaban J connectivity index is 1.50. The largest absolute Gasteiger partial charge is 0.472 e. The summed E-state index contributed by atoms with van der Waals surface area (Å²) < 4.78 is 20.8. The molecule has 2 N–H and O–H groups in total. The molecule has 0 aliphatic carbocycles. The maximum absolute atomic E-state index is 13.1. The third kappa shape index (κ3) is 3.84. The molecule has 29 heavy (non-hydrogen) atoms. The van der Waals surface area contributed by atoms with Crippen LogP contribution in [0.15, 0.2) is 42.0 Å². The number of aryl methyl sites for hydroxylation is 1. The van der Waals surface area contributed by atoms with E-state index in [2.05, 4.69) is 20.4 Å². The highest BCUT2D eigenvalue weighted by Crippen LogP contribution is 2.22. The average Bonchev–Trinajstić information content (AvgIpc) is 3.33. The normalized spacial score (nSPS) is 13.7. The van der Waals surface area contributed by atoms with Gasteiger partial charge in [-0.3, -0.25) is 4.79 Å². The number of nitrogens with two attached hydrogens (primary N) is 1. The van der Waals surface area contributed by atoms with Gasteiger partial charge in [0.25, 0.3) is 0 Å². The van der Waals surface area contributed by atoms with Gasteiger partial charge >= 0.3 is 0 Å². The van der Waals surface area contributed by atoms with Crippen molar-refractivity contribution in [1.82, 2.24) is 25.0 Å². The van der Waals surface area contributed by atoms with E-state index in [0.29, 0.717) is 17.1 Å². The Morgan fingerprint density at radius 3 is 2.62 bits per heavy atom. The van der Waals surface area contributed by atoms with Crippen LogP contribution in [0.1, 0.15) is 24.7 Å². The Bertz CT molecular complexity index is 1070. The first-order valence-electron chi connectivity index (χ1n) is 9.17. The second-order valence-corrected chi connectivity index (χ2v) is 6.70. The fourth-order valence-corrected chi connectivity index (χ4v) is 3.18. The van der Waals surface area contributed by atoms with Gasteiger partial charge in [-0.05, 0) is 49.2 Å². The molecule has 0 spiro atoms. The molecule has 0 bridgehead atoms. The van der Waals surface area contributed by atoms with E-state index in [1.54, 1.807) is 12.1 Å². The van der Waals surface area contributed by atoms with Gasteiger partial charge in [0.05, 0.1) is 5.57 Å². The van der Waals surface area contributed by atoms with E-state index < -0.39 is 0 Å². The number of ether oxygens (including phenoxy) is 1. The standard InChI is InChI=1S/C20H19FN6O2/c1-12(28)15(19(22)13-4-6-14(21)7-5-13)11-29-18-9-8-16(23-25-18)20-26-24-17-3-2-10-27(17)20/h4-9H,2-3,10-11,22H2,1H3/b19-15-. The molecular weight excluding hydrogens is 375 g/mol. The van der Waals surface area contributed by atoms with Crippen LogP contribution < -0.4 is 10.5 Å². The SMILES string of the molecule is CC(=O)/C(COc1ccc(-c2nnc3n2CCC3)nn1)=C(\N)c1ccc(F)cc1. The molecule has 0 atom stereocenters. The van der Waals surface area contributed by atoms with Crippen molar-refractivity contribution >= 4 is 11.5 Å². The first-order chi connectivity index (χ1) is 14.0. The fraction of sp³-hybridized carbons (Fsp3) is 0.250. The molecule has 1 aliphatic heterocycles. The zero-order valence-electron chi connectivity index (χ0n) is 15.8. The van der Waals surface area contributed by atoms with Gasteiger partial charge in [-0.25, -0.2) is 4.39 Å². The molecule has 9 heteroatoms. The number of nitrogens with zero attached hydrogens (tertiary/aromatic N) is 5. The second kappa shape index (κ2) is 7.78. The van der Waals surface area contributed by atoms with E-state index in [4.69, 9.17) is 10.5 Å². The zero-order valence-corrected chi connectivity index (χ0v) is 15.8. The molecule has 1 aliphatic rings. The van der Waals surface area contributed by atoms with Gasteiger partial charge in [0.2, 0.25) is 5.88 Å². The van der Waals surface area contributed by atoms with Crippen LogP contribution in [0.4, 0.5) is 4.39 Å². The van der Waals surface area contributed by atoms with Gasteiger partial charge in [-0.15, -0.1) is 20.4 Å². The Labute approximate surface area is 166 Å². The van der Waals surface area contributed by atoms with Crippen LogP contribution in [0, 0.1) is 5.82 Å². The van der Waals surface area contributed by atoms with E-state index >= 15 is 0 Å². The van der Waals surface area contributed by atoms with Gasteiger partial charge in [0, 0.05) is 24.7 Å². The average molecular weight is 394 g/mol. The summed E-state index contributed by atoms with van der Waals surface area (Å²) in [4.78, 5) is 12.0. The molecule has 0 saturated carbocycles. The number of hydrogen-bond acceptors (Lipinski definition) is 7. The highest BCUT2D eigenvalue weighted by atomic mass is 19.1. The number of hydrogen-bond donors (Lipinski definition) is 1. The van der Waals surface area contributed by atoms with Crippen LogP contribution >= 0.6 is 0 Å². The zero-order chi connectivity index (χ0) is 20.4. The van der Waals surface area contributed by atoms with Crippen LogP contribution in [-0.4, -0.2) is 37.4 Å². The molecule has 8 nitrogen and oxygen atoms in total. The lowest BCUT2D eigenvalue weighted by atomic mass is 10.0. The van der Waals surface area contributed by atoms with E-state index in [-0.39, 0.29) is 35.4 Å². The van der Waals surface area contributed by atoms with Crippen molar-refractivity contribution in [1.29, 1.82) is 0 Å². The molecule has 1 aromatic carbocycles. The van der Waals surface area contributed by atoms with Crippen LogP contribution in [0.2, 0.25) is 0 Å². The predicted octanol–water partition coefficient (Wildman–Crippen LogP) is 2.16. The first kappa shape index (κ1) is 18.7. The smallest absolute Gasteiger partial charge is 0.233 e. The molecular formula is C20H19FN6O2. The van der Waals surface area contributed by atoms with E-state index in [9.17, 15) is 9.18 Å². The number of carbonyl (C=O) groups is 1. The topological polar surface area (TPSA) is 109 Å². The van der Waals surface area contributed by atoms with Crippen LogP contribution in [0.3, 0.4) is 0 Å². The Kier molecular flexibility index (Phi) is 5.03. The van der Waals surface area contributed by atoms with Crippen molar-refractivity contribution in [3.05, 3.63) is 59.2 Å².